The molecule has 0 aliphatic heterocycles. The van der Waals surface area contributed by atoms with Gasteiger partial charge in [-0.25, -0.2) is 0 Å². The maximum Gasteiger partial charge on any atom is 0.220 e. The monoisotopic (exact) mass is 268 g/mol. The summed E-state index contributed by atoms with van der Waals surface area (Å²) in [6, 6.07) is 0. The van der Waals surface area contributed by atoms with E-state index in [9.17, 15) is 4.79 Å². The Morgan fingerprint density at radius 2 is 2.00 bits per heavy atom. The molecule has 0 spiro atoms. The van der Waals surface area contributed by atoms with E-state index in [-0.39, 0.29) is 11.4 Å². The molecule has 4 heteroatoms. The third kappa shape index (κ3) is 3.93. The molecule has 4 nitrogen and oxygen atoms in total. The van der Waals surface area contributed by atoms with Gasteiger partial charge in [-0.3, -0.25) is 4.79 Å². The number of hydrogen-bond acceptors (Lipinski definition) is 3. The van der Waals surface area contributed by atoms with Gasteiger partial charge in [0.2, 0.25) is 5.91 Å². The van der Waals surface area contributed by atoms with Crippen LogP contribution in [0.25, 0.3) is 0 Å². The number of amides is 1. The lowest BCUT2D eigenvalue weighted by Gasteiger charge is -2.39. The molecule has 2 aliphatic carbocycles. The Morgan fingerprint density at radius 1 is 1.32 bits per heavy atom. The molecule has 0 heterocycles. The van der Waals surface area contributed by atoms with E-state index in [1.54, 1.807) is 0 Å². The maximum atomic E-state index is 12.1. The highest BCUT2D eigenvalue weighted by atomic mass is 16.5. The molecule has 110 valence electrons. The highest BCUT2D eigenvalue weighted by Gasteiger charge is 2.35. The van der Waals surface area contributed by atoms with Crippen molar-refractivity contribution in [1.29, 1.82) is 0 Å². The van der Waals surface area contributed by atoms with Crippen LogP contribution in [0.3, 0.4) is 0 Å². The van der Waals surface area contributed by atoms with Crippen LogP contribution in [0, 0.1) is 5.92 Å². The zero-order valence-corrected chi connectivity index (χ0v) is 12.1. The van der Waals surface area contributed by atoms with Crippen molar-refractivity contribution in [3.63, 3.8) is 0 Å². The molecule has 0 aromatic carbocycles. The average Bonchev–Trinajstić information content (AvgIpc) is 2.37. The van der Waals surface area contributed by atoms with Gasteiger partial charge in [0, 0.05) is 19.6 Å². The number of carbonyl (C=O) groups is 1. The number of nitrogens with one attached hydrogen (secondary N) is 1. The van der Waals surface area contributed by atoms with Crippen molar-refractivity contribution in [2.24, 2.45) is 11.7 Å². The summed E-state index contributed by atoms with van der Waals surface area (Å²) >= 11 is 0. The molecule has 3 N–H and O–H groups in total. The predicted octanol–water partition coefficient (Wildman–Crippen LogP) is 1.97. The Bertz CT molecular complexity index is 295. The zero-order valence-electron chi connectivity index (χ0n) is 12.1. The second kappa shape index (κ2) is 6.71. The summed E-state index contributed by atoms with van der Waals surface area (Å²) in [6.45, 7) is 3.37. The van der Waals surface area contributed by atoms with E-state index in [0.717, 1.165) is 32.3 Å². The number of ether oxygens (including phenoxy) is 1. The van der Waals surface area contributed by atoms with Gasteiger partial charge in [0.1, 0.15) is 0 Å². The van der Waals surface area contributed by atoms with E-state index in [0.29, 0.717) is 25.0 Å². The number of nitrogens with two attached hydrogens (primary N) is 1. The van der Waals surface area contributed by atoms with Gasteiger partial charge in [-0.2, -0.15) is 0 Å². The first kappa shape index (κ1) is 14.8. The first-order valence-electron chi connectivity index (χ1n) is 7.80. The van der Waals surface area contributed by atoms with Crippen molar-refractivity contribution in [2.75, 3.05) is 13.2 Å². The van der Waals surface area contributed by atoms with E-state index in [1.165, 1.54) is 19.3 Å². The van der Waals surface area contributed by atoms with Gasteiger partial charge in [0.05, 0.1) is 11.6 Å². The quantitative estimate of drug-likeness (QED) is 0.774. The standard InChI is InChI=1S/C15H28N2O2/c1-2-19-13-8-12(9-13)10-14(18)17-15(11-16)6-4-3-5-7-15/h12-13H,2-11,16H2,1H3,(H,17,18). The molecular weight excluding hydrogens is 240 g/mol. The lowest BCUT2D eigenvalue weighted by molar-refractivity contribution is -0.126. The van der Waals surface area contributed by atoms with Gasteiger partial charge < -0.3 is 15.8 Å². The topological polar surface area (TPSA) is 64.3 Å². The van der Waals surface area contributed by atoms with Crippen LogP contribution in [-0.2, 0) is 9.53 Å². The van der Waals surface area contributed by atoms with Crippen LogP contribution < -0.4 is 11.1 Å². The summed E-state index contributed by atoms with van der Waals surface area (Å²) in [5, 5.41) is 3.22. The van der Waals surface area contributed by atoms with Crippen LogP contribution in [0.4, 0.5) is 0 Å². The van der Waals surface area contributed by atoms with Crippen molar-refractivity contribution >= 4 is 5.91 Å². The molecular formula is C15H28N2O2. The SMILES string of the molecule is CCOC1CC(CC(=O)NC2(CN)CCCCC2)C1. The summed E-state index contributed by atoms with van der Waals surface area (Å²) < 4.78 is 5.53. The summed E-state index contributed by atoms with van der Waals surface area (Å²) in [4.78, 5) is 12.1. The van der Waals surface area contributed by atoms with Crippen molar-refractivity contribution in [3.8, 4) is 0 Å². The molecule has 0 bridgehead atoms. The highest BCUT2D eigenvalue weighted by molar-refractivity contribution is 5.77. The summed E-state index contributed by atoms with van der Waals surface area (Å²) in [5.74, 6) is 0.697. The smallest absolute Gasteiger partial charge is 0.220 e. The fraction of sp³-hybridized carbons (Fsp3) is 0.933. The second-order valence-electron chi connectivity index (χ2n) is 6.21. The van der Waals surface area contributed by atoms with Crippen LogP contribution in [0.5, 0.6) is 0 Å². The Hall–Kier alpha value is -0.610. The predicted molar refractivity (Wildman–Crippen MR) is 75.8 cm³/mol. The third-order valence-electron chi connectivity index (χ3n) is 4.67. The van der Waals surface area contributed by atoms with Crippen LogP contribution in [0.15, 0.2) is 0 Å². The molecule has 1 amide bonds. The number of hydrogen-bond donors (Lipinski definition) is 2. The van der Waals surface area contributed by atoms with Gasteiger partial charge in [-0.1, -0.05) is 19.3 Å². The van der Waals surface area contributed by atoms with Crippen molar-refractivity contribution in [2.45, 2.75) is 69.9 Å². The van der Waals surface area contributed by atoms with E-state index in [1.807, 2.05) is 6.92 Å². The van der Waals surface area contributed by atoms with Crippen molar-refractivity contribution in [3.05, 3.63) is 0 Å². The summed E-state index contributed by atoms with van der Waals surface area (Å²) in [7, 11) is 0. The number of rotatable bonds is 6. The van der Waals surface area contributed by atoms with E-state index in [4.69, 9.17) is 10.5 Å². The summed E-state index contributed by atoms with van der Waals surface area (Å²) in [6.07, 6.45) is 8.85. The lowest BCUT2D eigenvalue weighted by atomic mass is 9.78. The van der Waals surface area contributed by atoms with Gasteiger partial charge in [-0.15, -0.1) is 0 Å². The minimum Gasteiger partial charge on any atom is -0.378 e. The van der Waals surface area contributed by atoms with Gasteiger partial charge in [-0.05, 0) is 38.5 Å². The Morgan fingerprint density at radius 3 is 2.58 bits per heavy atom. The second-order valence-corrected chi connectivity index (χ2v) is 6.21. The molecule has 0 radical (unpaired) electrons. The minimum absolute atomic E-state index is 0.113. The Labute approximate surface area is 116 Å². The fourth-order valence-corrected chi connectivity index (χ4v) is 3.43. The third-order valence-corrected chi connectivity index (χ3v) is 4.67. The molecule has 2 saturated carbocycles. The van der Waals surface area contributed by atoms with E-state index >= 15 is 0 Å². The molecule has 0 aromatic rings. The number of carbonyl (C=O) groups excluding carboxylic acids is 1. The average molecular weight is 268 g/mol. The van der Waals surface area contributed by atoms with Gasteiger partial charge >= 0.3 is 0 Å². The van der Waals surface area contributed by atoms with Gasteiger partial charge in [0.25, 0.3) is 0 Å². The highest BCUT2D eigenvalue weighted by Crippen LogP contribution is 2.33. The van der Waals surface area contributed by atoms with Crippen LogP contribution in [-0.4, -0.2) is 30.7 Å². The first-order valence-corrected chi connectivity index (χ1v) is 7.80. The van der Waals surface area contributed by atoms with Gasteiger partial charge in [0.15, 0.2) is 0 Å². The van der Waals surface area contributed by atoms with E-state index in [2.05, 4.69) is 5.32 Å². The molecule has 2 aliphatic rings. The Balaban J connectivity index is 1.72. The zero-order chi connectivity index (χ0) is 13.7. The molecule has 0 unspecified atom stereocenters. The molecule has 2 fully saturated rings. The summed E-state index contributed by atoms with van der Waals surface area (Å²) in [5.41, 5.74) is 5.78. The maximum absolute atomic E-state index is 12.1. The largest absolute Gasteiger partial charge is 0.378 e. The van der Waals surface area contributed by atoms with Crippen LogP contribution in [0.1, 0.15) is 58.3 Å². The Kier molecular flexibility index (Phi) is 5.22. The van der Waals surface area contributed by atoms with E-state index < -0.39 is 0 Å². The molecule has 0 saturated heterocycles. The molecule has 0 atom stereocenters. The van der Waals surface area contributed by atoms with Crippen molar-refractivity contribution in [1.82, 2.24) is 5.32 Å². The first-order chi connectivity index (χ1) is 9.17. The molecule has 0 aromatic heterocycles. The van der Waals surface area contributed by atoms with Crippen molar-refractivity contribution < 1.29 is 9.53 Å². The van der Waals surface area contributed by atoms with Crippen LogP contribution in [0.2, 0.25) is 0 Å². The fourth-order valence-electron chi connectivity index (χ4n) is 3.43. The lowest BCUT2D eigenvalue weighted by Crippen LogP contribution is -2.55. The normalized spacial score (nSPS) is 29.6. The van der Waals surface area contributed by atoms with Crippen LogP contribution >= 0.6 is 0 Å². The molecule has 2 rings (SSSR count). The molecule has 19 heavy (non-hydrogen) atoms. The minimum atomic E-state index is -0.113.